The van der Waals surface area contributed by atoms with Crippen molar-refractivity contribution in [3.05, 3.63) is 35.7 Å². The first-order valence-corrected chi connectivity index (χ1v) is 13.9. The van der Waals surface area contributed by atoms with Gasteiger partial charge in [-0.1, -0.05) is 6.07 Å². The van der Waals surface area contributed by atoms with Gasteiger partial charge in [-0.15, -0.1) is 0 Å². The third kappa shape index (κ3) is 4.51. The van der Waals surface area contributed by atoms with Crippen LogP contribution < -0.4 is 0 Å². The lowest BCUT2D eigenvalue weighted by Crippen LogP contribution is -2.55. The molecular formula is C24H31F3N4O2S. The molecule has 1 spiro atoms. The standard InChI is InChI=1S/C24H31F3N4O2S/c1-16(2)31-21(13-20(29-31)19-4-3-5-22(28-19)24(25,26)27)17-6-7-18(12-17)30-10-8-23(9-11-30)14-34(32,33)15-23/h3-5,13,16-18H,6-12,14-15H2,1-2H3/t17-,18-/m1/s1. The second-order valence-corrected chi connectivity index (χ2v) is 12.7. The lowest BCUT2D eigenvalue weighted by Gasteiger charge is -2.48. The molecule has 2 atom stereocenters. The molecule has 0 radical (unpaired) electrons. The largest absolute Gasteiger partial charge is 0.433 e. The maximum absolute atomic E-state index is 13.2. The summed E-state index contributed by atoms with van der Waals surface area (Å²) in [6, 6.07) is 6.39. The van der Waals surface area contributed by atoms with Crippen molar-refractivity contribution in [3.8, 4) is 11.4 Å². The predicted molar refractivity (Wildman–Crippen MR) is 123 cm³/mol. The zero-order chi connectivity index (χ0) is 24.3. The Kier molecular flexibility index (Phi) is 5.82. The monoisotopic (exact) mass is 496 g/mol. The summed E-state index contributed by atoms with van der Waals surface area (Å²) < 4.78 is 64.7. The van der Waals surface area contributed by atoms with Crippen LogP contribution in [0.25, 0.3) is 11.4 Å². The smallest absolute Gasteiger partial charge is 0.300 e. The lowest BCUT2D eigenvalue weighted by molar-refractivity contribution is -0.141. The minimum atomic E-state index is -4.49. The highest BCUT2D eigenvalue weighted by Crippen LogP contribution is 2.45. The molecular weight excluding hydrogens is 465 g/mol. The molecule has 0 bridgehead atoms. The van der Waals surface area contributed by atoms with Gasteiger partial charge in [0.15, 0.2) is 9.84 Å². The minimum absolute atomic E-state index is 0.0104. The van der Waals surface area contributed by atoms with Crippen molar-refractivity contribution >= 4 is 9.84 Å². The van der Waals surface area contributed by atoms with E-state index in [9.17, 15) is 21.6 Å². The normalized spacial score (nSPS) is 26.8. The van der Waals surface area contributed by atoms with Gasteiger partial charge in [0.2, 0.25) is 0 Å². The predicted octanol–water partition coefficient (Wildman–Crippen LogP) is 4.69. The van der Waals surface area contributed by atoms with Crippen LogP contribution in [0.2, 0.25) is 0 Å². The number of rotatable bonds is 4. The third-order valence-electron chi connectivity index (χ3n) is 7.81. The summed E-state index contributed by atoms with van der Waals surface area (Å²) in [5.41, 5.74) is 0.876. The van der Waals surface area contributed by atoms with Crippen molar-refractivity contribution in [1.29, 1.82) is 0 Å². The highest BCUT2D eigenvalue weighted by atomic mass is 32.2. The lowest BCUT2D eigenvalue weighted by atomic mass is 9.80. The first-order chi connectivity index (χ1) is 15.9. The fourth-order valence-corrected chi connectivity index (χ4v) is 8.45. The van der Waals surface area contributed by atoms with Gasteiger partial charge in [0.25, 0.3) is 0 Å². The van der Waals surface area contributed by atoms with E-state index in [1.165, 1.54) is 6.07 Å². The van der Waals surface area contributed by atoms with Gasteiger partial charge >= 0.3 is 6.18 Å². The number of pyridine rings is 1. The van der Waals surface area contributed by atoms with E-state index in [4.69, 9.17) is 0 Å². The quantitative estimate of drug-likeness (QED) is 0.614. The number of sulfone groups is 1. The molecule has 2 aromatic heterocycles. The maximum Gasteiger partial charge on any atom is 0.433 e. The zero-order valence-electron chi connectivity index (χ0n) is 19.6. The Morgan fingerprint density at radius 3 is 2.41 bits per heavy atom. The molecule has 2 aliphatic heterocycles. The van der Waals surface area contributed by atoms with E-state index in [2.05, 4.69) is 15.0 Å². The van der Waals surface area contributed by atoms with E-state index in [1.807, 2.05) is 24.6 Å². The van der Waals surface area contributed by atoms with E-state index in [1.54, 1.807) is 6.07 Å². The molecule has 186 valence electrons. The summed E-state index contributed by atoms with van der Waals surface area (Å²) in [5, 5.41) is 4.65. The number of alkyl halides is 3. The molecule has 4 heterocycles. The Bertz CT molecular complexity index is 1150. The summed E-state index contributed by atoms with van der Waals surface area (Å²) in [6.07, 6.45) is 0.463. The molecule has 0 aromatic carbocycles. The average Bonchev–Trinajstić information content (AvgIpc) is 3.40. The zero-order valence-corrected chi connectivity index (χ0v) is 20.4. The van der Waals surface area contributed by atoms with Gasteiger partial charge in [-0.2, -0.15) is 18.3 Å². The van der Waals surface area contributed by atoms with Crippen LogP contribution >= 0.6 is 0 Å². The van der Waals surface area contributed by atoms with Crippen LogP contribution in [0.1, 0.15) is 69.3 Å². The summed E-state index contributed by atoms with van der Waals surface area (Å²) >= 11 is 0. The Hall–Kier alpha value is -1.94. The second-order valence-electron chi connectivity index (χ2n) is 10.6. The highest BCUT2D eigenvalue weighted by molar-refractivity contribution is 7.92. The van der Waals surface area contributed by atoms with Gasteiger partial charge < -0.3 is 4.90 Å². The summed E-state index contributed by atoms with van der Waals surface area (Å²) in [6.45, 7) is 5.94. The van der Waals surface area contributed by atoms with Crippen LogP contribution in [0.15, 0.2) is 24.3 Å². The molecule has 0 amide bonds. The molecule has 1 saturated carbocycles. The Morgan fingerprint density at radius 2 is 1.79 bits per heavy atom. The van der Waals surface area contributed by atoms with Crippen LogP contribution in [0.5, 0.6) is 0 Å². The van der Waals surface area contributed by atoms with E-state index in [0.717, 1.165) is 57.0 Å². The van der Waals surface area contributed by atoms with Gasteiger partial charge in [-0.3, -0.25) is 4.68 Å². The van der Waals surface area contributed by atoms with Crippen molar-refractivity contribution in [2.75, 3.05) is 24.6 Å². The number of piperidine rings is 1. The van der Waals surface area contributed by atoms with E-state index >= 15 is 0 Å². The van der Waals surface area contributed by atoms with Crippen molar-refractivity contribution in [1.82, 2.24) is 19.7 Å². The molecule has 10 heteroatoms. The fourth-order valence-electron chi connectivity index (χ4n) is 6.09. The topological polar surface area (TPSA) is 68.1 Å². The maximum atomic E-state index is 13.2. The van der Waals surface area contributed by atoms with Crippen molar-refractivity contribution < 1.29 is 21.6 Å². The van der Waals surface area contributed by atoms with Crippen molar-refractivity contribution in [3.63, 3.8) is 0 Å². The third-order valence-corrected chi connectivity index (χ3v) is 9.91. The van der Waals surface area contributed by atoms with Crippen LogP contribution in [0.4, 0.5) is 13.2 Å². The van der Waals surface area contributed by atoms with Crippen molar-refractivity contribution in [2.45, 2.75) is 70.1 Å². The number of aromatic nitrogens is 3. The van der Waals surface area contributed by atoms with Crippen LogP contribution in [-0.2, 0) is 16.0 Å². The molecule has 2 saturated heterocycles. The van der Waals surface area contributed by atoms with Gasteiger partial charge in [-0.25, -0.2) is 13.4 Å². The van der Waals surface area contributed by atoms with E-state index in [-0.39, 0.29) is 17.2 Å². The van der Waals surface area contributed by atoms with E-state index in [0.29, 0.717) is 29.2 Å². The molecule has 2 aromatic rings. The van der Waals surface area contributed by atoms with E-state index < -0.39 is 21.7 Å². The van der Waals surface area contributed by atoms with Gasteiger partial charge in [0.1, 0.15) is 11.4 Å². The summed E-state index contributed by atoms with van der Waals surface area (Å²) in [5.74, 6) is 0.988. The van der Waals surface area contributed by atoms with Crippen LogP contribution in [0, 0.1) is 5.41 Å². The van der Waals surface area contributed by atoms with Gasteiger partial charge in [0.05, 0.1) is 17.2 Å². The number of hydrogen-bond donors (Lipinski definition) is 0. The molecule has 1 aliphatic carbocycles. The minimum Gasteiger partial charge on any atom is -0.300 e. The number of likely N-dealkylation sites (tertiary alicyclic amines) is 1. The Balaban J connectivity index is 1.31. The molecule has 0 unspecified atom stereocenters. The SMILES string of the molecule is CC(C)n1nc(-c2cccc(C(F)(F)F)n2)cc1[C@@H]1CC[C@@H](N2CCC3(CC2)CS(=O)(=O)C3)C1. The molecule has 0 N–H and O–H groups in total. The molecule has 34 heavy (non-hydrogen) atoms. The fraction of sp³-hybridized carbons (Fsp3) is 0.667. The van der Waals surface area contributed by atoms with Crippen molar-refractivity contribution in [2.24, 2.45) is 5.41 Å². The molecule has 6 nitrogen and oxygen atoms in total. The summed E-state index contributed by atoms with van der Waals surface area (Å²) in [7, 11) is -2.81. The first-order valence-electron chi connectivity index (χ1n) is 12.0. The second kappa shape index (κ2) is 8.33. The number of halogens is 3. The highest BCUT2D eigenvalue weighted by Gasteiger charge is 2.50. The first kappa shape index (κ1) is 23.8. The van der Waals surface area contributed by atoms with Gasteiger partial charge in [0, 0.05) is 29.1 Å². The molecule has 3 fully saturated rings. The molecule has 5 rings (SSSR count). The molecule has 3 aliphatic rings. The Labute approximate surface area is 198 Å². The van der Waals surface area contributed by atoms with Crippen LogP contribution in [0.3, 0.4) is 0 Å². The van der Waals surface area contributed by atoms with Crippen LogP contribution in [-0.4, -0.2) is 58.7 Å². The number of nitrogens with zero attached hydrogens (tertiary/aromatic N) is 4. The summed E-state index contributed by atoms with van der Waals surface area (Å²) in [4.78, 5) is 6.34. The number of hydrogen-bond acceptors (Lipinski definition) is 5. The average molecular weight is 497 g/mol. The Morgan fingerprint density at radius 1 is 1.09 bits per heavy atom. The van der Waals surface area contributed by atoms with Gasteiger partial charge in [-0.05, 0) is 77.2 Å².